The van der Waals surface area contributed by atoms with Crippen LogP contribution in [0.4, 0.5) is 5.13 Å². The summed E-state index contributed by atoms with van der Waals surface area (Å²) in [7, 11) is 0. The average molecular weight is 425 g/mol. The second-order valence-electron chi connectivity index (χ2n) is 6.64. The number of aliphatic carboxylic acids is 1. The summed E-state index contributed by atoms with van der Waals surface area (Å²) in [6.45, 7) is 7.10. The number of amides is 2. The van der Waals surface area contributed by atoms with Crippen molar-refractivity contribution in [1.29, 1.82) is 0 Å². The molecule has 3 rings (SSSR count). The van der Waals surface area contributed by atoms with Crippen LogP contribution in [0.3, 0.4) is 0 Å². The third kappa shape index (κ3) is 3.44. The van der Waals surface area contributed by atoms with Crippen molar-refractivity contribution in [3.63, 3.8) is 0 Å². The Hall–Kier alpha value is -2.60. The number of carbonyl (C=O) groups excluding carboxylic acids is 2. The van der Waals surface area contributed by atoms with Gasteiger partial charge in [0.15, 0.2) is 10.8 Å². The van der Waals surface area contributed by atoms with Crippen LogP contribution in [-0.4, -0.2) is 67.3 Å². The fraction of sp³-hybridized carbons (Fsp3) is 0.438. The van der Waals surface area contributed by atoms with E-state index in [1.807, 2.05) is 0 Å². The zero-order valence-electron chi connectivity index (χ0n) is 15.1. The Morgan fingerprint density at radius 3 is 2.86 bits per heavy atom. The molecule has 0 spiro atoms. The summed E-state index contributed by atoms with van der Waals surface area (Å²) in [5.74, 6) is -2.19. The first-order valence-corrected chi connectivity index (χ1v) is 9.99. The third-order valence-electron chi connectivity index (χ3n) is 4.29. The number of nitrogen functional groups attached to an aromatic ring is 1. The number of hydrogen-bond acceptors (Lipinski definition) is 9. The molecule has 0 aromatic carbocycles. The quantitative estimate of drug-likeness (QED) is 0.185. The number of nitrogens with zero attached hydrogens (tertiary/aromatic N) is 3. The van der Waals surface area contributed by atoms with Crippen molar-refractivity contribution in [2.24, 2.45) is 5.16 Å². The van der Waals surface area contributed by atoms with E-state index in [0.29, 0.717) is 0 Å². The highest BCUT2D eigenvalue weighted by Crippen LogP contribution is 2.50. The number of thioether (sulfide) groups is 1. The molecule has 1 aromatic rings. The first kappa shape index (κ1) is 20.1. The molecular formula is C16H19N5O5S2. The number of anilines is 1. The molecule has 28 heavy (non-hydrogen) atoms. The lowest BCUT2D eigenvalue weighted by Gasteiger charge is -2.43. The number of β-lactam (4-membered cyclic amide) rings is 1. The number of carboxylic acids is 1. The summed E-state index contributed by atoms with van der Waals surface area (Å²) in [6, 6.07) is -1.81. The Labute approximate surface area is 168 Å². The van der Waals surface area contributed by atoms with Crippen LogP contribution in [0.1, 0.15) is 19.5 Å². The van der Waals surface area contributed by atoms with Crippen molar-refractivity contribution in [3.05, 3.63) is 23.7 Å². The molecule has 2 saturated heterocycles. The Balaban J connectivity index is 1.78. The van der Waals surface area contributed by atoms with Crippen LogP contribution in [0.15, 0.2) is 23.2 Å². The lowest BCUT2D eigenvalue weighted by Crippen LogP contribution is -2.71. The molecular weight excluding hydrogens is 406 g/mol. The molecule has 2 fully saturated rings. The minimum absolute atomic E-state index is 0.0828. The van der Waals surface area contributed by atoms with Crippen LogP contribution in [0, 0.1) is 0 Å². The molecule has 3 heterocycles. The lowest BCUT2D eigenvalue weighted by molar-refractivity contribution is -0.160. The predicted molar refractivity (Wildman–Crippen MR) is 105 cm³/mol. The number of aromatic nitrogens is 1. The smallest absolute Gasteiger partial charge is 0.327 e. The van der Waals surface area contributed by atoms with Gasteiger partial charge in [0.2, 0.25) is 5.91 Å². The topological polar surface area (TPSA) is 147 Å². The number of nitrogens with two attached hydrogens (primary N) is 1. The molecule has 2 aliphatic heterocycles. The molecule has 150 valence electrons. The highest BCUT2D eigenvalue weighted by molar-refractivity contribution is 8.01. The molecule has 2 aliphatic rings. The van der Waals surface area contributed by atoms with Crippen molar-refractivity contribution < 1.29 is 24.3 Å². The third-order valence-corrected chi connectivity index (χ3v) is 6.53. The molecule has 12 heteroatoms. The molecule has 2 amide bonds. The van der Waals surface area contributed by atoms with E-state index >= 15 is 0 Å². The SMILES string of the molecule is C=CCO/N=C(\C(=O)N[C@@H]1C(=O)N2[C@@H]1SC(C)(C)[C@@H]2C(=O)O)c1csc(N)n1. The number of hydrogen-bond donors (Lipinski definition) is 3. The minimum atomic E-state index is -1.07. The molecule has 0 bridgehead atoms. The van der Waals surface area contributed by atoms with Crippen molar-refractivity contribution in [2.75, 3.05) is 12.3 Å². The first-order valence-electron chi connectivity index (χ1n) is 8.23. The predicted octanol–water partition coefficient (Wildman–Crippen LogP) is 0.264. The molecule has 0 saturated carbocycles. The summed E-state index contributed by atoms with van der Waals surface area (Å²) < 4.78 is -0.682. The van der Waals surface area contributed by atoms with E-state index in [9.17, 15) is 19.5 Å². The molecule has 3 atom stereocenters. The van der Waals surface area contributed by atoms with Crippen molar-refractivity contribution in [1.82, 2.24) is 15.2 Å². The van der Waals surface area contributed by atoms with Gasteiger partial charge in [-0.2, -0.15) is 0 Å². The summed E-state index contributed by atoms with van der Waals surface area (Å²) in [6.07, 6.45) is 1.46. The van der Waals surface area contributed by atoms with Crippen molar-refractivity contribution >= 4 is 51.7 Å². The van der Waals surface area contributed by atoms with Crippen molar-refractivity contribution in [2.45, 2.75) is 36.1 Å². The maximum absolute atomic E-state index is 12.7. The van der Waals surface area contributed by atoms with Crippen LogP contribution >= 0.6 is 23.1 Å². The van der Waals surface area contributed by atoms with Crippen LogP contribution in [-0.2, 0) is 19.2 Å². The first-order chi connectivity index (χ1) is 13.2. The van der Waals surface area contributed by atoms with Crippen LogP contribution in [0.25, 0.3) is 0 Å². The monoisotopic (exact) mass is 425 g/mol. The number of oxime groups is 1. The van der Waals surface area contributed by atoms with Gasteiger partial charge in [-0.05, 0) is 13.8 Å². The van der Waals surface area contributed by atoms with E-state index in [1.54, 1.807) is 19.2 Å². The highest BCUT2D eigenvalue weighted by Gasteiger charge is 2.64. The van der Waals surface area contributed by atoms with Gasteiger partial charge in [0.1, 0.15) is 29.8 Å². The molecule has 0 radical (unpaired) electrons. The van der Waals surface area contributed by atoms with Gasteiger partial charge in [0.05, 0.1) is 0 Å². The maximum Gasteiger partial charge on any atom is 0.327 e. The number of nitrogens with one attached hydrogen (secondary N) is 1. The van der Waals surface area contributed by atoms with Gasteiger partial charge >= 0.3 is 5.97 Å². The van der Waals surface area contributed by atoms with Gasteiger partial charge in [-0.1, -0.05) is 17.8 Å². The number of carbonyl (C=O) groups is 3. The lowest BCUT2D eigenvalue weighted by atomic mass is 9.96. The average Bonchev–Trinajstić information content (AvgIpc) is 3.15. The minimum Gasteiger partial charge on any atom is -0.480 e. The van der Waals surface area contributed by atoms with E-state index in [-0.39, 0.29) is 23.1 Å². The number of thiazole rings is 1. The summed E-state index contributed by atoms with van der Waals surface area (Å²) in [5.41, 5.74) is 5.71. The van der Waals surface area contributed by atoms with Gasteiger partial charge in [-0.25, -0.2) is 9.78 Å². The van der Waals surface area contributed by atoms with Gasteiger partial charge in [0.25, 0.3) is 5.91 Å². The van der Waals surface area contributed by atoms with Crippen LogP contribution in [0.2, 0.25) is 0 Å². The van der Waals surface area contributed by atoms with Crippen molar-refractivity contribution in [3.8, 4) is 0 Å². The molecule has 10 nitrogen and oxygen atoms in total. The van der Waals surface area contributed by atoms with Gasteiger partial charge in [-0.3, -0.25) is 9.59 Å². The Bertz CT molecular complexity index is 867. The van der Waals surface area contributed by atoms with E-state index < -0.39 is 40.0 Å². The number of carboxylic acid groups (broad SMARTS) is 1. The summed E-state index contributed by atoms with van der Waals surface area (Å²) in [4.78, 5) is 47.2. The second-order valence-corrected chi connectivity index (χ2v) is 9.31. The Morgan fingerprint density at radius 1 is 1.57 bits per heavy atom. The Kier molecular flexibility index (Phi) is 5.35. The second kappa shape index (κ2) is 7.43. The largest absolute Gasteiger partial charge is 0.480 e. The fourth-order valence-electron chi connectivity index (χ4n) is 3.11. The van der Waals surface area contributed by atoms with Gasteiger partial charge < -0.3 is 25.9 Å². The van der Waals surface area contributed by atoms with Crippen LogP contribution in [0.5, 0.6) is 0 Å². The van der Waals surface area contributed by atoms with Gasteiger partial charge in [-0.15, -0.1) is 23.1 Å². The van der Waals surface area contributed by atoms with E-state index in [1.165, 1.54) is 22.7 Å². The zero-order chi connectivity index (χ0) is 20.6. The van der Waals surface area contributed by atoms with E-state index in [4.69, 9.17) is 10.6 Å². The van der Waals surface area contributed by atoms with Crippen LogP contribution < -0.4 is 11.1 Å². The maximum atomic E-state index is 12.7. The fourth-order valence-corrected chi connectivity index (χ4v) is 5.28. The zero-order valence-corrected chi connectivity index (χ0v) is 16.7. The molecule has 0 aliphatic carbocycles. The Morgan fingerprint density at radius 2 is 2.29 bits per heavy atom. The standard InChI is InChI=1S/C16H19N5O5S2/c1-4-5-26-20-8(7-6-27-15(17)18-7)11(22)19-9-12(23)21-10(14(24)25)16(2,3)28-13(9)21/h4,6,9-10,13H,1,5H2,2-3H3,(H2,17,18)(H,19,22)(H,24,25)/b20-8-/t9-,10+,13-/m1/s1. The summed E-state index contributed by atoms with van der Waals surface area (Å²) in [5, 5.41) is 17.2. The molecule has 0 unspecified atom stereocenters. The summed E-state index contributed by atoms with van der Waals surface area (Å²) >= 11 is 2.47. The number of rotatable bonds is 7. The van der Waals surface area contributed by atoms with Gasteiger partial charge in [0, 0.05) is 10.1 Å². The van der Waals surface area contributed by atoms with E-state index in [0.717, 1.165) is 11.3 Å². The highest BCUT2D eigenvalue weighted by atomic mass is 32.2. The van der Waals surface area contributed by atoms with E-state index in [2.05, 4.69) is 22.0 Å². The number of fused-ring (bicyclic) bond motifs is 1. The molecule has 4 N–H and O–H groups in total. The molecule has 1 aromatic heterocycles. The normalized spacial score (nSPS) is 25.6.